The minimum absolute atomic E-state index is 0.0305. The molecule has 1 aliphatic rings. The zero-order valence-electron chi connectivity index (χ0n) is 11.1. The van der Waals surface area contributed by atoms with Crippen LogP contribution in [0.25, 0.3) is 0 Å². The fraction of sp³-hybridized carbons (Fsp3) is 0.133. The Morgan fingerprint density at radius 3 is 3.05 bits per heavy atom. The van der Waals surface area contributed by atoms with Gasteiger partial charge in [-0.1, -0.05) is 12.1 Å². The average molecular weight is 283 g/mol. The molecule has 0 spiro atoms. The van der Waals surface area contributed by atoms with Crippen molar-refractivity contribution in [1.29, 1.82) is 0 Å². The highest BCUT2D eigenvalue weighted by atomic mass is 16.5. The predicted molar refractivity (Wildman–Crippen MR) is 76.0 cm³/mol. The Balaban J connectivity index is 1.67. The van der Waals surface area contributed by atoms with Crippen LogP contribution in [0.15, 0.2) is 42.6 Å². The first-order chi connectivity index (χ1) is 10.2. The summed E-state index contributed by atoms with van der Waals surface area (Å²) in [6, 6.07) is 10.6. The van der Waals surface area contributed by atoms with Gasteiger partial charge in [0.05, 0.1) is 5.69 Å². The summed E-state index contributed by atoms with van der Waals surface area (Å²) in [7, 11) is 0. The van der Waals surface area contributed by atoms with Crippen LogP contribution in [-0.4, -0.2) is 23.4 Å². The first-order valence-corrected chi connectivity index (χ1v) is 6.47. The van der Waals surface area contributed by atoms with Gasteiger partial charge in [0.1, 0.15) is 11.4 Å². The molecule has 0 unspecified atom stereocenters. The number of aromatic nitrogens is 1. The summed E-state index contributed by atoms with van der Waals surface area (Å²) in [6.07, 6.45) is 1.57. The second-order valence-electron chi connectivity index (χ2n) is 4.57. The quantitative estimate of drug-likeness (QED) is 0.891. The van der Waals surface area contributed by atoms with Gasteiger partial charge < -0.3 is 15.4 Å². The number of nitrogens with zero attached hydrogens (tertiary/aromatic N) is 1. The molecule has 2 amide bonds. The highest BCUT2D eigenvalue weighted by Crippen LogP contribution is 2.28. The van der Waals surface area contributed by atoms with E-state index >= 15 is 0 Å². The average Bonchev–Trinajstić information content (AvgIpc) is 2.53. The van der Waals surface area contributed by atoms with E-state index in [2.05, 4.69) is 15.6 Å². The molecule has 6 heteroatoms. The van der Waals surface area contributed by atoms with Gasteiger partial charge >= 0.3 is 0 Å². The van der Waals surface area contributed by atoms with Gasteiger partial charge in [0.15, 0.2) is 6.61 Å². The van der Waals surface area contributed by atoms with Crippen LogP contribution in [0.3, 0.4) is 0 Å². The van der Waals surface area contributed by atoms with Crippen molar-refractivity contribution >= 4 is 17.5 Å². The molecule has 1 aromatic carbocycles. The Kier molecular flexibility index (Phi) is 3.51. The van der Waals surface area contributed by atoms with Crippen molar-refractivity contribution in [2.45, 2.75) is 6.54 Å². The molecule has 0 aliphatic carbocycles. The summed E-state index contributed by atoms with van der Waals surface area (Å²) in [5, 5.41) is 5.51. The van der Waals surface area contributed by atoms with Gasteiger partial charge in [0, 0.05) is 12.7 Å². The number of carbonyl (C=O) groups excluding carboxylic acids is 2. The smallest absolute Gasteiger partial charge is 0.270 e. The van der Waals surface area contributed by atoms with E-state index in [4.69, 9.17) is 4.74 Å². The number of hydrogen-bond acceptors (Lipinski definition) is 4. The van der Waals surface area contributed by atoms with Crippen molar-refractivity contribution in [3.8, 4) is 5.75 Å². The standard InChI is InChI=1S/C15H13N3O3/c19-14-9-21-13-5-4-10(7-12(13)18-14)8-17-15(20)11-3-1-2-6-16-11/h1-7H,8-9H2,(H,17,20)(H,18,19). The number of nitrogens with one attached hydrogen (secondary N) is 2. The summed E-state index contributed by atoms with van der Waals surface area (Å²) in [5.74, 6) is 0.208. The minimum atomic E-state index is -0.242. The largest absolute Gasteiger partial charge is 0.482 e. The molecule has 0 radical (unpaired) electrons. The molecule has 0 saturated carbocycles. The molecule has 21 heavy (non-hydrogen) atoms. The highest BCUT2D eigenvalue weighted by Gasteiger charge is 2.16. The molecule has 0 bridgehead atoms. The van der Waals surface area contributed by atoms with E-state index < -0.39 is 0 Å². The molecule has 106 valence electrons. The van der Waals surface area contributed by atoms with E-state index in [1.54, 1.807) is 36.5 Å². The first-order valence-electron chi connectivity index (χ1n) is 6.47. The third-order valence-electron chi connectivity index (χ3n) is 3.03. The molecule has 2 N–H and O–H groups in total. The lowest BCUT2D eigenvalue weighted by Gasteiger charge is -2.18. The van der Waals surface area contributed by atoms with Crippen molar-refractivity contribution in [2.75, 3.05) is 11.9 Å². The fourth-order valence-electron chi connectivity index (χ4n) is 2.01. The molecule has 0 saturated heterocycles. The van der Waals surface area contributed by atoms with Crippen LogP contribution in [0.5, 0.6) is 5.75 Å². The monoisotopic (exact) mass is 283 g/mol. The second-order valence-corrected chi connectivity index (χ2v) is 4.57. The molecule has 1 aliphatic heterocycles. The third kappa shape index (κ3) is 3.00. The molecule has 1 aromatic heterocycles. The lowest BCUT2D eigenvalue weighted by molar-refractivity contribution is -0.118. The van der Waals surface area contributed by atoms with E-state index in [9.17, 15) is 9.59 Å². The number of amides is 2. The van der Waals surface area contributed by atoms with E-state index in [1.165, 1.54) is 0 Å². The lowest BCUT2D eigenvalue weighted by Crippen LogP contribution is -2.26. The van der Waals surface area contributed by atoms with Crippen LogP contribution >= 0.6 is 0 Å². The fourth-order valence-corrected chi connectivity index (χ4v) is 2.01. The van der Waals surface area contributed by atoms with Crippen LogP contribution in [0, 0.1) is 0 Å². The van der Waals surface area contributed by atoms with E-state index in [0.29, 0.717) is 23.7 Å². The van der Waals surface area contributed by atoms with E-state index in [-0.39, 0.29) is 18.4 Å². The summed E-state index contributed by atoms with van der Waals surface area (Å²) >= 11 is 0. The van der Waals surface area contributed by atoms with Crippen molar-refractivity contribution in [3.63, 3.8) is 0 Å². The van der Waals surface area contributed by atoms with Gasteiger partial charge in [-0.25, -0.2) is 0 Å². The van der Waals surface area contributed by atoms with Gasteiger partial charge in [-0.3, -0.25) is 14.6 Å². The Morgan fingerprint density at radius 2 is 2.24 bits per heavy atom. The van der Waals surface area contributed by atoms with E-state index in [1.807, 2.05) is 6.07 Å². The van der Waals surface area contributed by atoms with Gasteiger partial charge in [0.25, 0.3) is 11.8 Å². The van der Waals surface area contributed by atoms with Gasteiger partial charge in [-0.15, -0.1) is 0 Å². The number of pyridine rings is 1. The lowest BCUT2D eigenvalue weighted by atomic mass is 10.1. The molecule has 6 nitrogen and oxygen atoms in total. The topological polar surface area (TPSA) is 80.3 Å². The summed E-state index contributed by atoms with van der Waals surface area (Å²) < 4.78 is 5.28. The Bertz CT molecular complexity index is 686. The minimum Gasteiger partial charge on any atom is -0.482 e. The summed E-state index contributed by atoms with van der Waals surface area (Å²) in [6.45, 7) is 0.376. The van der Waals surface area contributed by atoms with Crippen molar-refractivity contribution in [2.24, 2.45) is 0 Å². The zero-order chi connectivity index (χ0) is 14.7. The molecular formula is C15H13N3O3. The Morgan fingerprint density at radius 1 is 1.33 bits per heavy atom. The number of hydrogen-bond donors (Lipinski definition) is 2. The van der Waals surface area contributed by atoms with Crippen LogP contribution in [0.4, 0.5) is 5.69 Å². The molecule has 3 rings (SSSR count). The molecule has 0 fully saturated rings. The molecular weight excluding hydrogens is 270 g/mol. The number of benzene rings is 1. The Labute approximate surface area is 121 Å². The van der Waals surface area contributed by atoms with Gasteiger partial charge in [-0.2, -0.15) is 0 Å². The van der Waals surface area contributed by atoms with Crippen LogP contribution < -0.4 is 15.4 Å². The van der Waals surface area contributed by atoms with Crippen LogP contribution in [-0.2, 0) is 11.3 Å². The van der Waals surface area contributed by atoms with Crippen molar-refractivity contribution in [1.82, 2.24) is 10.3 Å². The van der Waals surface area contributed by atoms with Crippen molar-refractivity contribution in [3.05, 3.63) is 53.9 Å². The van der Waals surface area contributed by atoms with Crippen LogP contribution in [0.2, 0.25) is 0 Å². The number of anilines is 1. The van der Waals surface area contributed by atoms with Crippen molar-refractivity contribution < 1.29 is 14.3 Å². The summed E-state index contributed by atoms with van der Waals surface area (Å²) in [5.41, 5.74) is 1.85. The first kappa shape index (κ1) is 13.1. The van der Waals surface area contributed by atoms with E-state index in [0.717, 1.165) is 5.56 Å². The highest BCUT2D eigenvalue weighted by molar-refractivity contribution is 5.95. The number of fused-ring (bicyclic) bond motifs is 1. The summed E-state index contributed by atoms with van der Waals surface area (Å²) in [4.78, 5) is 27.1. The maximum atomic E-state index is 11.9. The zero-order valence-corrected chi connectivity index (χ0v) is 11.1. The number of ether oxygens (including phenoxy) is 1. The second kappa shape index (κ2) is 5.62. The predicted octanol–water partition coefficient (Wildman–Crippen LogP) is 1.34. The van der Waals surface area contributed by atoms with Crippen LogP contribution in [0.1, 0.15) is 16.1 Å². The maximum Gasteiger partial charge on any atom is 0.270 e. The molecule has 2 heterocycles. The number of carbonyl (C=O) groups is 2. The normalized spacial score (nSPS) is 12.9. The molecule has 0 atom stereocenters. The molecule has 2 aromatic rings. The van der Waals surface area contributed by atoms with Gasteiger partial charge in [0.2, 0.25) is 0 Å². The Hall–Kier alpha value is -2.89. The third-order valence-corrected chi connectivity index (χ3v) is 3.03. The SMILES string of the molecule is O=C1COc2ccc(CNC(=O)c3ccccn3)cc2N1. The van der Waals surface area contributed by atoms with Gasteiger partial charge in [-0.05, 0) is 29.8 Å². The number of rotatable bonds is 3. The maximum absolute atomic E-state index is 11.9.